The van der Waals surface area contributed by atoms with Gasteiger partial charge < -0.3 is 4.74 Å². The van der Waals surface area contributed by atoms with Crippen molar-refractivity contribution in [1.82, 2.24) is 0 Å². The first-order valence-corrected chi connectivity index (χ1v) is 6.90. The lowest BCUT2D eigenvalue weighted by molar-refractivity contribution is -0.733. The maximum atomic E-state index is 5.66. The number of rotatable bonds is 8. The predicted octanol–water partition coefficient (Wildman–Crippen LogP) is 3.26. The van der Waals surface area contributed by atoms with Crippen LogP contribution >= 0.6 is 0 Å². The summed E-state index contributed by atoms with van der Waals surface area (Å²) < 4.78 is 7.80. The fraction of sp³-hybridized carbons (Fsp3) is 0.667. The molecule has 17 heavy (non-hydrogen) atoms. The molecule has 0 radical (unpaired) electrons. The molecule has 0 spiro atoms. The Morgan fingerprint density at radius 3 is 2.47 bits per heavy atom. The SMILES string of the molecule is CCCCCOC[n+]1ccc(CC)c(CC)c1. The maximum absolute atomic E-state index is 5.66. The van der Waals surface area contributed by atoms with Gasteiger partial charge in [-0.3, -0.25) is 0 Å². The highest BCUT2D eigenvalue weighted by Gasteiger charge is 2.06. The molecule has 2 nitrogen and oxygen atoms in total. The molecule has 0 saturated heterocycles. The Balaban J connectivity index is 2.43. The highest BCUT2D eigenvalue weighted by atomic mass is 16.5. The molecular formula is C15H26NO+. The number of aryl methyl sites for hydroxylation is 2. The molecule has 0 aliphatic heterocycles. The summed E-state index contributed by atoms with van der Waals surface area (Å²) in [6.45, 7) is 8.19. The highest BCUT2D eigenvalue weighted by molar-refractivity contribution is 5.20. The van der Waals surface area contributed by atoms with E-state index in [2.05, 4.69) is 43.8 Å². The van der Waals surface area contributed by atoms with Gasteiger partial charge in [-0.25, -0.2) is 0 Å². The van der Waals surface area contributed by atoms with Crippen LogP contribution in [0.5, 0.6) is 0 Å². The summed E-state index contributed by atoms with van der Waals surface area (Å²) >= 11 is 0. The molecule has 1 rings (SSSR count). The first-order valence-electron chi connectivity index (χ1n) is 6.90. The summed E-state index contributed by atoms with van der Waals surface area (Å²) in [4.78, 5) is 0. The van der Waals surface area contributed by atoms with Crippen molar-refractivity contribution < 1.29 is 9.30 Å². The Labute approximate surface area is 106 Å². The molecule has 2 heteroatoms. The molecule has 0 aromatic carbocycles. The van der Waals surface area contributed by atoms with Crippen LogP contribution in [0.4, 0.5) is 0 Å². The maximum Gasteiger partial charge on any atom is 0.252 e. The van der Waals surface area contributed by atoms with Crippen molar-refractivity contribution in [2.45, 2.75) is 59.6 Å². The van der Waals surface area contributed by atoms with Crippen LogP contribution in [0.15, 0.2) is 18.5 Å². The van der Waals surface area contributed by atoms with Crippen molar-refractivity contribution >= 4 is 0 Å². The molecule has 0 N–H and O–H groups in total. The van der Waals surface area contributed by atoms with Gasteiger partial charge in [0.15, 0.2) is 12.4 Å². The van der Waals surface area contributed by atoms with Gasteiger partial charge in [0, 0.05) is 11.6 Å². The second-order valence-electron chi connectivity index (χ2n) is 4.46. The van der Waals surface area contributed by atoms with Crippen LogP contribution in [0, 0.1) is 0 Å². The van der Waals surface area contributed by atoms with Crippen molar-refractivity contribution in [3.63, 3.8) is 0 Å². The third-order valence-electron chi connectivity index (χ3n) is 3.10. The minimum Gasteiger partial charge on any atom is -0.323 e. The van der Waals surface area contributed by atoms with Gasteiger partial charge in [0.05, 0.1) is 6.61 Å². The van der Waals surface area contributed by atoms with Gasteiger partial charge in [0.1, 0.15) is 0 Å². The lowest BCUT2D eigenvalue weighted by atomic mass is 10.1. The molecule has 0 bridgehead atoms. The van der Waals surface area contributed by atoms with Crippen LogP contribution < -0.4 is 4.57 Å². The molecule has 0 fully saturated rings. The third kappa shape index (κ3) is 4.86. The van der Waals surface area contributed by atoms with Crippen molar-refractivity contribution in [1.29, 1.82) is 0 Å². The number of nitrogens with zero attached hydrogens (tertiary/aromatic N) is 1. The zero-order valence-corrected chi connectivity index (χ0v) is 11.5. The number of hydrogen-bond acceptors (Lipinski definition) is 1. The Kier molecular flexibility index (Phi) is 6.87. The molecule has 1 aromatic heterocycles. The molecular weight excluding hydrogens is 210 g/mol. The van der Waals surface area contributed by atoms with E-state index >= 15 is 0 Å². The van der Waals surface area contributed by atoms with Crippen LogP contribution in [0.2, 0.25) is 0 Å². The zero-order valence-electron chi connectivity index (χ0n) is 11.5. The molecule has 0 aliphatic rings. The van der Waals surface area contributed by atoms with Crippen molar-refractivity contribution in [3.8, 4) is 0 Å². The number of aromatic nitrogens is 1. The van der Waals surface area contributed by atoms with E-state index in [0.29, 0.717) is 6.73 Å². The van der Waals surface area contributed by atoms with Crippen molar-refractivity contribution in [3.05, 3.63) is 29.6 Å². The standard InChI is InChI=1S/C15H26NO/c1-4-7-8-11-17-13-16-10-9-14(5-2)15(6-3)12-16/h9-10,12H,4-8,11,13H2,1-3H3/q+1. The Bertz CT molecular complexity index is 323. The Morgan fingerprint density at radius 1 is 1.06 bits per heavy atom. The Morgan fingerprint density at radius 2 is 1.82 bits per heavy atom. The smallest absolute Gasteiger partial charge is 0.252 e. The summed E-state index contributed by atoms with van der Waals surface area (Å²) in [5, 5.41) is 0. The topological polar surface area (TPSA) is 13.1 Å². The summed E-state index contributed by atoms with van der Waals surface area (Å²) in [7, 11) is 0. The van der Waals surface area contributed by atoms with Gasteiger partial charge in [-0.1, -0.05) is 33.6 Å². The van der Waals surface area contributed by atoms with E-state index in [4.69, 9.17) is 4.74 Å². The minimum absolute atomic E-state index is 0.681. The van der Waals surface area contributed by atoms with Crippen LogP contribution in [-0.2, 0) is 24.3 Å². The van der Waals surface area contributed by atoms with E-state index in [0.717, 1.165) is 19.4 Å². The van der Waals surface area contributed by atoms with E-state index < -0.39 is 0 Å². The summed E-state index contributed by atoms with van der Waals surface area (Å²) in [6.07, 6.45) is 10.2. The summed E-state index contributed by atoms with van der Waals surface area (Å²) in [6, 6.07) is 2.22. The molecule has 0 amide bonds. The molecule has 0 atom stereocenters. The van der Waals surface area contributed by atoms with Crippen molar-refractivity contribution in [2.75, 3.05) is 6.61 Å². The fourth-order valence-corrected chi connectivity index (χ4v) is 1.99. The van der Waals surface area contributed by atoms with E-state index in [9.17, 15) is 0 Å². The van der Waals surface area contributed by atoms with E-state index in [1.807, 2.05) is 0 Å². The van der Waals surface area contributed by atoms with E-state index in [1.54, 1.807) is 0 Å². The Hall–Kier alpha value is -0.890. The van der Waals surface area contributed by atoms with Gasteiger partial charge in [0.2, 0.25) is 0 Å². The quantitative estimate of drug-likeness (QED) is 0.499. The highest BCUT2D eigenvalue weighted by Crippen LogP contribution is 2.07. The molecule has 96 valence electrons. The van der Waals surface area contributed by atoms with E-state index in [-0.39, 0.29) is 0 Å². The number of ether oxygens (including phenoxy) is 1. The van der Waals surface area contributed by atoms with Gasteiger partial charge in [0.25, 0.3) is 6.73 Å². The van der Waals surface area contributed by atoms with Gasteiger partial charge >= 0.3 is 0 Å². The largest absolute Gasteiger partial charge is 0.323 e. The molecule has 1 heterocycles. The average molecular weight is 236 g/mol. The first kappa shape index (κ1) is 14.2. The predicted molar refractivity (Wildman–Crippen MR) is 70.9 cm³/mol. The fourth-order valence-electron chi connectivity index (χ4n) is 1.99. The van der Waals surface area contributed by atoms with Crippen LogP contribution in [-0.4, -0.2) is 6.61 Å². The number of hydrogen-bond donors (Lipinski definition) is 0. The second kappa shape index (κ2) is 8.24. The lowest BCUT2D eigenvalue weighted by Crippen LogP contribution is -2.35. The number of pyridine rings is 1. The summed E-state index contributed by atoms with van der Waals surface area (Å²) in [5.41, 5.74) is 2.89. The minimum atomic E-state index is 0.681. The normalized spacial score (nSPS) is 10.8. The molecule has 1 aromatic rings. The molecule has 0 saturated carbocycles. The van der Waals surface area contributed by atoms with Crippen LogP contribution in [0.25, 0.3) is 0 Å². The van der Waals surface area contributed by atoms with Gasteiger partial charge in [-0.2, -0.15) is 4.57 Å². The zero-order chi connectivity index (χ0) is 12.5. The molecule has 0 unspecified atom stereocenters. The number of unbranched alkanes of at least 4 members (excludes halogenated alkanes) is 2. The monoisotopic (exact) mass is 236 g/mol. The molecule has 0 aliphatic carbocycles. The third-order valence-corrected chi connectivity index (χ3v) is 3.10. The van der Waals surface area contributed by atoms with E-state index in [1.165, 1.54) is 30.4 Å². The van der Waals surface area contributed by atoms with Gasteiger partial charge in [-0.05, 0) is 24.8 Å². The van der Waals surface area contributed by atoms with Crippen LogP contribution in [0.1, 0.15) is 51.2 Å². The first-order chi connectivity index (χ1) is 8.31. The van der Waals surface area contributed by atoms with Crippen molar-refractivity contribution in [2.24, 2.45) is 0 Å². The lowest BCUT2D eigenvalue weighted by Gasteiger charge is -2.05. The second-order valence-corrected chi connectivity index (χ2v) is 4.46. The average Bonchev–Trinajstić information content (AvgIpc) is 2.38. The van der Waals surface area contributed by atoms with Crippen LogP contribution in [0.3, 0.4) is 0 Å². The van der Waals surface area contributed by atoms with Gasteiger partial charge in [-0.15, -0.1) is 0 Å². The summed E-state index contributed by atoms with van der Waals surface area (Å²) in [5.74, 6) is 0.